The van der Waals surface area contributed by atoms with E-state index in [2.05, 4.69) is 44.4 Å². The van der Waals surface area contributed by atoms with Crippen LogP contribution in [0.4, 0.5) is 0 Å². The van der Waals surface area contributed by atoms with E-state index in [0.29, 0.717) is 47.3 Å². The lowest BCUT2D eigenvalue weighted by Gasteiger charge is -2.32. The number of carbonyl (C=O) groups excluding carboxylic acids is 1. The molecule has 7 heteroatoms. The molecule has 2 aromatic carbocycles. The van der Waals surface area contributed by atoms with Gasteiger partial charge in [0.25, 0.3) is 5.91 Å². The second kappa shape index (κ2) is 8.18. The standard InChI is InChI=1S/C24H23N5O2/c1-31-20-10-6-5-9-18(20)21-22-23(28-27-21)25-15-19(26-22)24(30)29-13-11-17(12-14-29)16-7-3-2-4-8-16/h2-10,15,17H,11-14H2,1H3,(H,25,27,28). The van der Waals surface area contributed by atoms with E-state index in [9.17, 15) is 4.79 Å². The summed E-state index contributed by atoms with van der Waals surface area (Å²) in [5.74, 6) is 1.10. The van der Waals surface area contributed by atoms with E-state index < -0.39 is 0 Å². The highest BCUT2D eigenvalue weighted by molar-refractivity contribution is 5.96. The third-order valence-corrected chi connectivity index (χ3v) is 5.91. The number of carbonyl (C=O) groups is 1. The van der Waals surface area contributed by atoms with E-state index in [0.717, 1.165) is 18.4 Å². The minimum Gasteiger partial charge on any atom is -0.496 e. The fourth-order valence-electron chi connectivity index (χ4n) is 4.24. The maximum absolute atomic E-state index is 13.1. The van der Waals surface area contributed by atoms with Crippen LogP contribution in [-0.2, 0) is 0 Å². The van der Waals surface area contributed by atoms with E-state index >= 15 is 0 Å². The summed E-state index contributed by atoms with van der Waals surface area (Å²) in [6.45, 7) is 1.42. The van der Waals surface area contributed by atoms with Gasteiger partial charge in [0, 0.05) is 18.7 Å². The molecule has 0 radical (unpaired) electrons. The SMILES string of the molecule is COc1ccccc1-c1[nH]nc2ncc(C(=O)N3CCC(c4ccccc4)CC3)nc12. The van der Waals surface area contributed by atoms with Crippen LogP contribution in [0.25, 0.3) is 22.4 Å². The van der Waals surface area contributed by atoms with Crippen molar-refractivity contribution in [3.63, 3.8) is 0 Å². The first-order valence-corrected chi connectivity index (χ1v) is 10.4. The first-order valence-electron chi connectivity index (χ1n) is 10.4. The third-order valence-electron chi connectivity index (χ3n) is 5.91. The molecule has 3 heterocycles. The number of nitrogens with zero attached hydrogens (tertiary/aromatic N) is 4. The quantitative estimate of drug-likeness (QED) is 0.546. The summed E-state index contributed by atoms with van der Waals surface area (Å²) in [6.07, 6.45) is 3.41. The number of hydrogen-bond acceptors (Lipinski definition) is 5. The first kappa shape index (κ1) is 19.2. The zero-order chi connectivity index (χ0) is 21.2. The number of hydrogen-bond donors (Lipinski definition) is 1. The molecule has 156 valence electrons. The number of ether oxygens (including phenoxy) is 1. The second-order valence-electron chi connectivity index (χ2n) is 7.70. The summed E-state index contributed by atoms with van der Waals surface area (Å²) in [5.41, 5.74) is 4.24. The van der Waals surface area contributed by atoms with Crippen molar-refractivity contribution in [3.05, 3.63) is 72.1 Å². The topological polar surface area (TPSA) is 84.0 Å². The number of piperidine rings is 1. The Balaban J connectivity index is 1.39. The first-order chi connectivity index (χ1) is 15.2. The highest BCUT2D eigenvalue weighted by Gasteiger charge is 2.26. The Morgan fingerprint density at radius 3 is 2.58 bits per heavy atom. The zero-order valence-corrected chi connectivity index (χ0v) is 17.3. The molecule has 1 aliphatic rings. The molecule has 1 aliphatic heterocycles. The lowest BCUT2D eigenvalue weighted by molar-refractivity contribution is 0.0707. The molecule has 5 rings (SSSR count). The number of aromatic nitrogens is 4. The maximum atomic E-state index is 13.1. The van der Waals surface area contributed by atoms with Crippen LogP contribution in [0, 0.1) is 0 Å². The van der Waals surface area contributed by atoms with Crippen molar-refractivity contribution in [2.75, 3.05) is 20.2 Å². The molecule has 1 N–H and O–H groups in total. The van der Waals surface area contributed by atoms with Gasteiger partial charge >= 0.3 is 0 Å². The van der Waals surface area contributed by atoms with Crippen molar-refractivity contribution in [2.45, 2.75) is 18.8 Å². The normalized spacial score (nSPS) is 14.7. The molecule has 0 atom stereocenters. The van der Waals surface area contributed by atoms with Crippen LogP contribution in [0.1, 0.15) is 34.8 Å². The van der Waals surface area contributed by atoms with Crippen molar-refractivity contribution in [2.24, 2.45) is 0 Å². The molecule has 31 heavy (non-hydrogen) atoms. The molecule has 2 aromatic heterocycles. The maximum Gasteiger partial charge on any atom is 0.274 e. The summed E-state index contributed by atoms with van der Waals surface area (Å²) in [5, 5.41) is 7.24. The van der Waals surface area contributed by atoms with Crippen LogP contribution in [0.2, 0.25) is 0 Å². The number of fused-ring (bicyclic) bond motifs is 1. The van der Waals surface area contributed by atoms with Gasteiger partial charge in [-0.2, -0.15) is 5.10 Å². The molecule has 0 aliphatic carbocycles. The molecule has 0 spiro atoms. The van der Waals surface area contributed by atoms with E-state index in [1.807, 2.05) is 35.2 Å². The average molecular weight is 413 g/mol. The number of rotatable bonds is 4. The van der Waals surface area contributed by atoms with Gasteiger partial charge in [0.15, 0.2) is 5.65 Å². The third kappa shape index (κ3) is 3.63. The highest BCUT2D eigenvalue weighted by Crippen LogP contribution is 2.32. The average Bonchev–Trinajstić information content (AvgIpc) is 3.27. The molecule has 0 bridgehead atoms. The van der Waals surface area contributed by atoms with E-state index in [-0.39, 0.29) is 5.91 Å². The summed E-state index contributed by atoms with van der Waals surface area (Å²) >= 11 is 0. The lowest BCUT2D eigenvalue weighted by Crippen LogP contribution is -2.38. The Bertz CT molecular complexity index is 1210. The number of methoxy groups -OCH3 is 1. The predicted octanol–water partition coefficient (Wildman–Crippen LogP) is 4.05. The molecule has 7 nitrogen and oxygen atoms in total. The monoisotopic (exact) mass is 413 g/mol. The fraction of sp³-hybridized carbons (Fsp3) is 0.250. The molecule has 1 saturated heterocycles. The van der Waals surface area contributed by atoms with Gasteiger partial charge in [-0.05, 0) is 36.5 Å². The summed E-state index contributed by atoms with van der Waals surface area (Å²) in [6, 6.07) is 18.1. The summed E-state index contributed by atoms with van der Waals surface area (Å²) < 4.78 is 5.47. The van der Waals surface area contributed by atoms with Gasteiger partial charge in [0.2, 0.25) is 0 Å². The molecule has 0 saturated carbocycles. The smallest absolute Gasteiger partial charge is 0.274 e. The Labute approximate surface area is 180 Å². The van der Waals surface area contributed by atoms with Crippen molar-refractivity contribution < 1.29 is 9.53 Å². The molecule has 1 amide bonds. The number of para-hydroxylation sites is 1. The van der Waals surface area contributed by atoms with Crippen LogP contribution < -0.4 is 4.74 Å². The van der Waals surface area contributed by atoms with Gasteiger partial charge < -0.3 is 9.64 Å². The fourth-order valence-corrected chi connectivity index (χ4v) is 4.24. The van der Waals surface area contributed by atoms with Crippen LogP contribution in [-0.4, -0.2) is 51.2 Å². The van der Waals surface area contributed by atoms with Crippen LogP contribution in [0.3, 0.4) is 0 Å². The van der Waals surface area contributed by atoms with E-state index in [1.165, 1.54) is 11.8 Å². The molecule has 1 fully saturated rings. The Hall–Kier alpha value is -3.74. The zero-order valence-electron chi connectivity index (χ0n) is 17.3. The minimum atomic E-state index is -0.0897. The van der Waals surface area contributed by atoms with E-state index in [4.69, 9.17) is 4.74 Å². The van der Waals surface area contributed by atoms with Gasteiger partial charge in [0.1, 0.15) is 17.0 Å². The number of H-pyrrole nitrogens is 1. The van der Waals surface area contributed by atoms with Crippen LogP contribution in [0.15, 0.2) is 60.8 Å². The molecule has 4 aromatic rings. The van der Waals surface area contributed by atoms with Crippen molar-refractivity contribution in [1.82, 2.24) is 25.1 Å². The Morgan fingerprint density at radius 1 is 1.06 bits per heavy atom. The minimum absolute atomic E-state index is 0.0897. The van der Waals surface area contributed by atoms with E-state index in [1.54, 1.807) is 7.11 Å². The van der Waals surface area contributed by atoms with Gasteiger partial charge in [-0.25, -0.2) is 9.97 Å². The summed E-state index contributed by atoms with van der Waals surface area (Å²) in [4.78, 5) is 24.0. The number of likely N-dealkylation sites (tertiary alicyclic amines) is 1. The van der Waals surface area contributed by atoms with Crippen LogP contribution in [0.5, 0.6) is 5.75 Å². The summed E-state index contributed by atoms with van der Waals surface area (Å²) in [7, 11) is 1.62. The van der Waals surface area contributed by atoms with Crippen molar-refractivity contribution >= 4 is 17.1 Å². The van der Waals surface area contributed by atoms with Gasteiger partial charge in [-0.15, -0.1) is 0 Å². The molecular formula is C24H23N5O2. The predicted molar refractivity (Wildman–Crippen MR) is 118 cm³/mol. The van der Waals surface area contributed by atoms with Crippen LogP contribution >= 0.6 is 0 Å². The largest absolute Gasteiger partial charge is 0.496 e. The van der Waals surface area contributed by atoms with Gasteiger partial charge in [-0.1, -0.05) is 42.5 Å². The highest BCUT2D eigenvalue weighted by atomic mass is 16.5. The van der Waals surface area contributed by atoms with Crippen molar-refractivity contribution in [1.29, 1.82) is 0 Å². The Kier molecular flexibility index (Phi) is 5.08. The Morgan fingerprint density at radius 2 is 1.81 bits per heavy atom. The number of benzene rings is 2. The second-order valence-corrected chi connectivity index (χ2v) is 7.70. The number of aromatic amines is 1. The molecule has 0 unspecified atom stereocenters. The number of nitrogens with one attached hydrogen (secondary N) is 1. The molecular weight excluding hydrogens is 390 g/mol. The van der Waals surface area contributed by atoms with Crippen molar-refractivity contribution in [3.8, 4) is 17.0 Å². The van der Waals surface area contributed by atoms with Gasteiger partial charge in [-0.3, -0.25) is 9.89 Å². The lowest BCUT2D eigenvalue weighted by atomic mass is 9.89. The number of amides is 1. The van der Waals surface area contributed by atoms with Gasteiger partial charge in [0.05, 0.1) is 19.0 Å².